The van der Waals surface area contributed by atoms with Crippen LogP contribution in [0.5, 0.6) is 0 Å². The van der Waals surface area contributed by atoms with E-state index in [0.717, 1.165) is 36.0 Å². The van der Waals surface area contributed by atoms with Gasteiger partial charge < -0.3 is 10.1 Å². The number of nitrogens with one attached hydrogen (secondary N) is 1. The molecule has 6 nitrogen and oxygen atoms in total. The van der Waals surface area contributed by atoms with E-state index in [4.69, 9.17) is 4.74 Å². The Bertz CT molecular complexity index is 1320. The van der Waals surface area contributed by atoms with Gasteiger partial charge in [-0.05, 0) is 66.4 Å². The van der Waals surface area contributed by atoms with Crippen LogP contribution in [0.25, 0.3) is 22.2 Å². The summed E-state index contributed by atoms with van der Waals surface area (Å²) in [7, 11) is 0. The van der Waals surface area contributed by atoms with Crippen molar-refractivity contribution >= 4 is 28.4 Å². The molecule has 3 aromatic carbocycles. The van der Waals surface area contributed by atoms with E-state index in [1.165, 1.54) is 29.3 Å². The molecule has 2 unspecified atom stereocenters. The standard InChI is InChI=1S/C27H27FN4O2S/c1-18(21-9-8-19-5-2-3-6-22(19)15-21)29-25(33)17-35-27-31-30-26(20-10-12-23(28)13-11-20)32(27)16-24-7-4-14-34-24/h2-3,5-6,8-13,15,18,24H,4,7,14,16-17H2,1H3,(H,29,33). The molecule has 1 amide bonds. The molecule has 35 heavy (non-hydrogen) atoms. The van der Waals surface area contributed by atoms with Gasteiger partial charge in [0.25, 0.3) is 0 Å². The van der Waals surface area contributed by atoms with Crippen LogP contribution in [0.4, 0.5) is 4.39 Å². The average Bonchev–Trinajstić information content (AvgIpc) is 3.53. The van der Waals surface area contributed by atoms with Crippen LogP contribution in [-0.4, -0.2) is 39.1 Å². The Morgan fingerprint density at radius 1 is 1.14 bits per heavy atom. The molecule has 5 rings (SSSR count). The van der Waals surface area contributed by atoms with Gasteiger partial charge in [0.2, 0.25) is 5.91 Å². The predicted octanol–water partition coefficient (Wildman–Crippen LogP) is 5.39. The van der Waals surface area contributed by atoms with E-state index in [0.29, 0.717) is 17.5 Å². The van der Waals surface area contributed by atoms with Crippen molar-refractivity contribution < 1.29 is 13.9 Å². The molecule has 8 heteroatoms. The number of hydrogen-bond donors (Lipinski definition) is 1. The molecule has 0 spiro atoms. The zero-order valence-electron chi connectivity index (χ0n) is 19.5. The van der Waals surface area contributed by atoms with E-state index < -0.39 is 0 Å². The van der Waals surface area contributed by atoms with Crippen LogP contribution in [0.15, 0.2) is 71.9 Å². The fourth-order valence-corrected chi connectivity index (χ4v) is 5.10. The monoisotopic (exact) mass is 490 g/mol. The van der Waals surface area contributed by atoms with Crippen LogP contribution in [0, 0.1) is 5.82 Å². The fraction of sp³-hybridized carbons (Fsp3) is 0.296. The Balaban J connectivity index is 1.28. The van der Waals surface area contributed by atoms with Gasteiger partial charge >= 0.3 is 0 Å². The summed E-state index contributed by atoms with van der Waals surface area (Å²) in [5.41, 5.74) is 1.83. The lowest BCUT2D eigenvalue weighted by Gasteiger charge is -2.16. The molecule has 1 aliphatic heterocycles. The summed E-state index contributed by atoms with van der Waals surface area (Å²) in [5.74, 6) is 0.481. The van der Waals surface area contributed by atoms with Crippen molar-refractivity contribution in [3.63, 3.8) is 0 Å². The first-order valence-corrected chi connectivity index (χ1v) is 12.8. The molecular weight excluding hydrogens is 463 g/mol. The molecule has 1 aliphatic rings. The highest BCUT2D eigenvalue weighted by Crippen LogP contribution is 2.27. The number of hydrogen-bond acceptors (Lipinski definition) is 5. The van der Waals surface area contributed by atoms with Gasteiger partial charge in [-0.15, -0.1) is 10.2 Å². The van der Waals surface area contributed by atoms with Crippen LogP contribution in [0.2, 0.25) is 0 Å². The van der Waals surface area contributed by atoms with Crippen molar-refractivity contribution in [1.82, 2.24) is 20.1 Å². The number of halogens is 1. The maximum absolute atomic E-state index is 13.4. The number of nitrogens with zero attached hydrogens (tertiary/aromatic N) is 3. The molecule has 180 valence electrons. The molecule has 0 radical (unpaired) electrons. The molecule has 2 atom stereocenters. The number of carbonyl (C=O) groups is 1. The highest BCUT2D eigenvalue weighted by atomic mass is 32.2. The van der Waals surface area contributed by atoms with Gasteiger partial charge in [0.05, 0.1) is 24.4 Å². The second kappa shape index (κ2) is 10.6. The summed E-state index contributed by atoms with van der Waals surface area (Å²) >= 11 is 1.34. The molecule has 0 saturated carbocycles. The number of aromatic nitrogens is 3. The van der Waals surface area contributed by atoms with Gasteiger partial charge in [-0.2, -0.15) is 0 Å². The van der Waals surface area contributed by atoms with Crippen LogP contribution >= 0.6 is 11.8 Å². The Morgan fingerprint density at radius 2 is 1.94 bits per heavy atom. The van der Waals surface area contributed by atoms with Crippen molar-refractivity contribution in [3.8, 4) is 11.4 Å². The Kier molecular flexibility index (Phi) is 7.11. The van der Waals surface area contributed by atoms with Crippen molar-refractivity contribution in [2.75, 3.05) is 12.4 Å². The minimum atomic E-state index is -0.300. The lowest BCUT2D eigenvalue weighted by atomic mass is 10.0. The first-order valence-electron chi connectivity index (χ1n) is 11.8. The quantitative estimate of drug-likeness (QED) is 0.336. The van der Waals surface area contributed by atoms with Crippen LogP contribution < -0.4 is 5.32 Å². The van der Waals surface area contributed by atoms with Gasteiger partial charge in [0, 0.05) is 12.2 Å². The third kappa shape index (κ3) is 5.55. The largest absolute Gasteiger partial charge is 0.376 e. The predicted molar refractivity (Wildman–Crippen MR) is 136 cm³/mol. The summed E-state index contributed by atoms with van der Waals surface area (Å²) in [4.78, 5) is 12.8. The fourth-order valence-electron chi connectivity index (χ4n) is 4.34. The molecule has 0 aliphatic carbocycles. The molecule has 1 fully saturated rings. The molecule has 4 aromatic rings. The maximum atomic E-state index is 13.4. The van der Waals surface area contributed by atoms with Crippen LogP contribution in [-0.2, 0) is 16.1 Å². The Hall–Kier alpha value is -3.23. The summed E-state index contributed by atoms with van der Waals surface area (Å²) in [6.45, 7) is 3.33. The number of thioether (sulfide) groups is 1. The van der Waals surface area contributed by atoms with E-state index >= 15 is 0 Å². The second-order valence-corrected chi connectivity index (χ2v) is 9.69. The third-order valence-electron chi connectivity index (χ3n) is 6.21. The molecule has 2 heterocycles. The van der Waals surface area contributed by atoms with Crippen molar-refractivity contribution in [1.29, 1.82) is 0 Å². The molecule has 1 aromatic heterocycles. The minimum absolute atomic E-state index is 0.0753. The van der Waals surface area contributed by atoms with E-state index in [9.17, 15) is 9.18 Å². The number of carbonyl (C=O) groups excluding carboxylic acids is 1. The number of ether oxygens (including phenoxy) is 1. The maximum Gasteiger partial charge on any atom is 0.230 e. The summed E-state index contributed by atoms with van der Waals surface area (Å²) < 4.78 is 21.2. The minimum Gasteiger partial charge on any atom is -0.376 e. The molecule has 0 bridgehead atoms. The second-order valence-electron chi connectivity index (χ2n) is 8.74. The summed E-state index contributed by atoms with van der Waals surface area (Å²) in [6, 6.07) is 20.5. The lowest BCUT2D eigenvalue weighted by molar-refractivity contribution is -0.119. The van der Waals surface area contributed by atoms with Crippen molar-refractivity contribution in [3.05, 3.63) is 78.1 Å². The van der Waals surface area contributed by atoms with Crippen LogP contribution in [0.3, 0.4) is 0 Å². The number of rotatable bonds is 8. The van der Waals surface area contributed by atoms with E-state index in [-0.39, 0.29) is 29.6 Å². The Morgan fingerprint density at radius 3 is 2.71 bits per heavy atom. The molecular formula is C27H27FN4O2S. The summed E-state index contributed by atoms with van der Waals surface area (Å²) in [5, 5.41) is 14.8. The smallest absolute Gasteiger partial charge is 0.230 e. The van der Waals surface area contributed by atoms with Crippen molar-refractivity contribution in [2.24, 2.45) is 0 Å². The number of fused-ring (bicyclic) bond motifs is 1. The zero-order valence-corrected chi connectivity index (χ0v) is 20.3. The van der Waals surface area contributed by atoms with Crippen molar-refractivity contribution in [2.45, 2.75) is 43.6 Å². The molecule has 1 saturated heterocycles. The van der Waals surface area contributed by atoms with Gasteiger partial charge in [0.1, 0.15) is 5.82 Å². The third-order valence-corrected chi connectivity index (χ3v) is 7.18. The molecule has 1 N–H and O–H groups in total. The van der Waals surface area contributed by atoms with Gasteiger partial charge in [-0.3, -0.25) is 9.36 Å². The number of benzene rings is 3. The first-order chi connectivity index (χ1) is 17.1. The van der Waals surface area contributed by atoms with Gasteiger partial charge in [-0.25, -0.2) is 4.39 Å². The Labute approximate surface area is 207 Å². The van der Waals surface area contributed by atoms with Crippen LogP contribution in [0.1, 0.15) is 31.4 Å². The normalized spacial score (nSPS) is 16.5. The number of amides is 1. The topological polar surface area (TPSA) is 69.0 Å². The first kappa shape index (κ1) is 23.5. The summed E-state index contributed by atoms with van der Waals surface area (Å²) in [6.07, 6.45) is 2.07. The highest BCUT2D eigenvalue weighted by Gasteiger charge is 2.22. The van der Waals surface area contributed by atoms with Gasteiger partial charge in [0.15, 0.2) is 11.0 Å². The SMILES string of the molecule is CC(NC(=O)CSc1nnc(-c2ccc(F)cc2)n1CC1CCCO1)c1ccc2ccccc2c1. The van der Waals surface area contributed by atoms with E-state index in [2.05, 4.69) is 39.8 Å². The average molecular weight is 491 g/mol. The lowest BCUT2D eigenvalue weighted by Crippen LogP contribution is -2.28. The van der Waals surface area contributed by atoms with E-state index in [1.807, 2.05) is 29.7 Å². The highest BCUT2D eigenvalue weighted by molar-refractivity contribution is 7.99. The van der Waals surface area contributed by atoms with E-state index in [1.54, 1.807) is 12.1 Å². The zero-order chi connectivity index (χ0) is 24.2. The van der Waals surface area contributed by atoms with Gasteiger partial charge in [-0.1, -0.05) is 48.2 Å².